The first-order valence-corrected chi connectivity index (χ1v) is 10.5. The van der Waals surface area contributed by atoms with Crippen LogP contribution in [0.2, 0.25) is 0 Å². The Morgan fingerprint density at radius 1 is 0.433 bits per heavy atom. The molecule has 30 heavy (non-hydrogen) atoms. The molecule has 0 fully saturated rings. The third kappa shape index (κ3) is 2.54. The van der Waals surface area contributed by atoms with E-state index in [-0.39, 0.29) is 0 Å². The number of hydrogen-bond donors (Lipinski definition) is 0. The second-order valence-electron chi connectivity index (χ2n) is 8.39. The highest BCUT2D eigenvalue weighted by molar-refractivity contribution is 6.27. The van der Waals surface area contributed by atoms with Crippen molar-refractivity contribution in [3.05, 3.63) is 108 Å². The Bertz CT molecular complexity index is 1430. The fourth-order valence-corrected chi connectivity index (χ4v) is 4.93. The van der Waals surface area contributed by atoms with Crippen molar-refractivity contribution in [3.8, 4) is 22.3 Å². The van der Waals surface area contributed by atoms with Crippen molar-refractivity contribution >= 4 is 32.3 Å². The Hall–Kier alpha value is -3.64. The fourth-order valence-electron chi connectivity index (χ4n) is 4.93. The van der Waals surface area contributed by atoms with E-state index in [2.05, 4.69) is 111 Å². The fraction of sp³-hybridized carbons (Fsp3) is 0.0667. The van der Waals surface area contributed by atoms with Crippen LogP contribution in [0.5, 0.6) is 0 Å². The maximum atomic E-state index is 2.30. The highest BCUT2D eigenvalue weighted by Crippen LogP contribution is 2.42. The Balaban J connectivity index is 1.73. The summed E-state index contributed by atoms with van der Waals surface area (Å²) in [7, 11) is 0. The van der Waals surface area contributed by atoms with Crippen molar-refractivity contribution in [1.29, 1.82) is 0 Å². The maximum Gasteiger partial charge on any atom is -0.00203 e. The molecule has 0 N–H and O–H groups in total. The van der Waals surface area contributed by atoms with E-state index in [0.29, 0.717) is 0 Å². The van der Waals surface area contributed by atoms with E-state index >= 15 is 0 Å². The van der Waals surface area contributed by atoms with E-state index in [1.54, 1.807) is 0 Å². The summed E-state index contributed by atoms with van der Waals surface area (Å²) < 4.78 is 0. The first-order valence-electron chi connectivity index (χ1n) is 10.5. The number of aryl methyl sites for hydroxylation is 2. The van der Waals surface area contributed by atoms with Crippen molar-refractivity contribution in [3.63, 3.8) is 0 Å². The van der Waals surface area contributed by atoms with Gasteiger partial charge >= 0.3 is 0 Å². The first kappa shape index (κ1) is 17.2. The van der Waals surface area contributed by atoms with Crippen LogP contribution in [0.25, 0.3) is 54.6 Å². The summed E-state index contributed by atoms with van der Waals surface area (Å²) in [6.07, 6.45) is 0. The predicted octanol–water partition coefficient (Wildman–Crippen LogP) is 8.53. The van der Waals surface area contributed by atoms with Crippen LogP contribution in [0.1, 0.15) is 11.1 Å². The van der Waals surface area contributed by atoms with Gasteiger partial charge in [0.2, 0.25) is 0 Å². The smallest absolute Gasteiger partial charge is 0.00203 e. The van der Waals surface area contributed by atoms with Crippen molar-refractivity contribution in [2.45, 2.75) is 13.8 Å². The van der Waals surface area contributed by atoms with E-state index in [9.17, 15) is 0 Å². The standard InChI is InChI=1S/C30H22/c1-19-5-3-7-23(17-19)25-13-9-21-12-16-28-26(24-8-4-6-20(2)18-24)14-10-22-11-15-27(25)29(21)30(22)28/h3-18H,1-2H3. The van der Waals surface area contributed by atoms with E-state index in [0.717, 1.165) is 0 Å². The normalized spacial score (nSPS) is 11.7. The predicted molar refractivity (Wildman–Crippen MR) is 130 cm³/mol. The minimum atomic E-state index is 1.28. The first-order chi connectivity index (χ1) is 14.7. The molecule has 0 spiro atoms. The minimum Gasteiger partial charge on any atom is -0.0614 e. The van der Waals surface area contributed by atoms with Gasteiger partial charge in [-0.2, -0.15) is 0 Å². The van der Waals surface area contributed by atoms with E-state index in [1.165, 1.54) is 65.7 Å². The lowest BCUT2D eigenvalue weighted by atomic mass is 9.87. The topological polar surface area (TPSA) is 0 Å². The van der Waals surface area contributed by atoms with Gasteiger partial charge in [-0.15, -0.1) is 0 Å². The van der Waals surface area contributed by atoms with Gasteiger partial charge in [0.15, 0.2) is 0 Å². The molecule has 0 heterocycles. The van der Waals surface area contributed by atoms with Crippen LogP contribution in [-0.2, 0) is 0 Å². The van der Waals surface area contributed by atoms with Crippen molar-refractivity contribution in [2.24, 2.45) is 0 Å². The molecular formula is C30H22. The van der Waals surface area contributed by atoms with Crippen molar-refractivity contribution in [1.82, 2.24) is 0 Å². The van der Waals surface area contributed by atoms with Crippen LogP contribution >= 0.6 is 0 Å². The van der Waals surface area contributed by atoms with Crippen LogP contribution in [-0.4, -0.2) is 0 Å². The Labute approximate surface area is 176 Å². The summed E-state index contributed by atoms with van der Waals surface area (Å²) in [5, 5.41) is 8.02. The molecule has 0 aliphatic heterocycles. The zero-order chi connectivity index (χ0) is 20.2. The van der Waals surface area contributed by atoms with Gasteiger partial charge in [0, 0.05) is 0 Å². The molecule has 0 radical (unpaired) electrons. The van der Waals surface area contributed by atoms with Crippen LogP contribution in [0, 0.1) is 13.8 Å². The quantitative estimate of drug-likeness (QED) is 0.263. The Morgan fingerprint density at radius 3 is 1.30 bits per heavy atom. The van der Waals surface area contributed by atoms with E-state index in [1.807, 2.05) is 0 Å². The van der Waals surface area contributed by atoms with Gasteiger partial charge in [0.25, 0.3) is 0 Å². The molecule has 0 atom stereocenters. The zero-order valence-electron chi connectivity index (χ0n) is 17.2. The molecule has 0 saturated carbocycles. The molecule has 6 aromatic carbocycles. The van der Waals surface area contributed by atoms with Gasteiger partial charge in [-0.3, -0.25) is 0 Å². The molecule has 0 aliphatic rings. The lowest BCUT2D eigenvalue weighted by Gasteiger charge is -2.17. The number of benzene rings is 6. The summed E-state index contributed by atoms with van der Waals surface area (Å²) in [4.78, 5) is 0. The van der Waals surface area contributed by atoms with Crippen LogP contribution in [0.3, 0.4) is 0 Å². The molecule has 0 saturated heterocycles. The second kappa shape index (κ2) is 6.43. The van der Waals surface area contributed by atoms with Crippen molar-refractivity contribution < 1.29 is 0 Å². The zero-order valence-corrected chi connectivity index (χ0v) is 17.2. The van der Waals surface area contributed by atoms with Gasteiger partial charge in [-0.05, 0) is 68.4 Å². The summed E-state index contributed by atoms with van der Waals surface area (Å²) >= 11 is 0. The molecule has 6 aromatic rings. The number of hydrogen-bond acceptors (Lipinski definition) is 0. The molecule has 0 aliphatic carbocycles. The highest BCUT2D eigenvalue weighted by Gasteiger charge is 2.14. The third-order valence-corrected chi connectivity index (χ3v) is 6.32. The van der Waals surface area contributed by atoms with Crippen LogP contribution in [0.15, 0.2) is 97.1 Å². The lowest BCUT2D eigenvalue weighted by molar-refractivity contribution is 1.47. The summed E-state index contributed by atoms with van der Waals surface area (Å²) in [6, 6.07) is 35.9. The van der Waals surface area contributed by atoms with E-state index < -0.39 is 0 Å². The molecule has 0 amide bonds. The lowest BCUT2D eigenvalue weighted by Crippen LogP contribution is -1.90. The molecule has 0 bridgehead atoms. The third-order valence-electron chi connectivity index (χ3n) is 6.32. The van der Waals surface area contributed by atoms with Crippen LogP contribution < -0.4 is 0 Å². The van der Waals surface area contributed by atoms with Gasteiger partial charge in [-0.25, -0.2) is 0 Å². The summed E-state index contributed by atoms with van der Waals surface area (Å²) in [5.74, 6) is 0. The van der Waals surface area contributed by atoms with E-state index in [4.69, 9.17) is 0 Å². The molecule has 142 valence electrons. The monoisotopic (exact) mass is 382 g/mol. The van der Waals surface area contributed by atoms with Gasteiger partial charge in [-0.1, -0.05) is 108 Å². The Kier molecular flexibility index (Phi) is 3.70. The summed E-state index contributed by atoms with van der Waals surface area (Å²) in [6.45, 7) is 4.32. The van der Waals surface area contributed by atoms with Crippen LogP contribution in [0.4, 0.5) is 0 Å². The largest absolute Gasteiger partial charge is 0.0614 e. The number of rotatable bonds is 2. The Morgan fingerprint density at radius 2 is 0.867 bits per heavy atom. The van der Waals surface area contributed by atoms with Gasteiger partial charge < -0.3 is 0 Å². The highest BCUT2D eigenvalue weighted by atomic mass is 14.2. The molecular weight excluding hydrogens is 360 g/mol. The average molecular weight is 383 g/mol. The molecule has 0 nitrogen and oxygen atoms in total. The molecule has 0 heteroatoms. The molecule has 0 unspecified atom stereocenters. The van der Waals surface area contributed by atoms with Gasteiger partial charge in [0.1, 0.15) is 0 Å². The maximum absolute atomic E-state index is 2.30. The average Bonchev–Trinajstić information content (AvgIpc) is 2.77. The minimum absolute atomic E-state index is 1.28. The molecule has 6 rings (SSSR count). The summed E-state index contributed by atoms with van der Waals surface area (Å²) in [5.41, 5.74) is 7.77. The molecule has 0 aromatic heterocycles. The van der Waals surface area contributed by atoms with Gasteiger partial charge in [0.05, 0.1) is 0 Å². The SMILES string of the molecule is Cc1cccc(-c2ccc3ccc4c(-c5cccc(C)c5)ccc5ccc2c3c54)c1. The second-order valence-corrected chi connectivity index (χ2v) is 8.39. The van der Waals surface area contributed by atoms with Crippen molar-refractivity contribution in [2.75, 3.05) is 0 Å².